The molecule has 1 aromatic heterocycles. The molecule has 1 aliphatic rings. The average molecular weight is 467 g/mol. The van der Waals surface area contributed by atoms with E-state index in [0.29, 0.717) is 57.1 Å². The number of halogens is 1. The fourth-order valence-corrected chi connectivity index (χ4v) is 4.33. The Kier molecular flexibility index (Phi) is 7.92. The summed E-state index contributed by atoms with van der Waals surface area (Å²) in [6.45, 7) is 4.16. The van der Waals surface area contributed by atoms with Gasteiger partial charge < -0.3 is 19.5 Å². The molecule has 3 aromatic rings. The van der Waals surface area contributed by atoms with Crippen LogP contribution in [0.25, 0.3) is 10.9 Å². The molecule has 7 nitrogen and oxygen atoms in total. The third kappa shape index (κ3) is 5.63. The van der Waals surface area contributed by atoms with Gasteiger partial charge in [0.05, 0.1) is 13.1 Å². The first-order valence-corrected chi connectivity index (χ1v) is 11.7. The highest BCUT2D eigenvalue weighted by Gasteiger charge is 2.26. The lowest BCUT2D eigenvalue weighted by Gasteiger charge is -2.34. The van der Waals surface area contributed by atoms with Gasteiger partial charge in [-0.25, -0.2) is 4.39 Å². The summed E-state index contributed by atoms with van der Waals surface area (Å²) in [6, 6.07) is 16.3. The van der Waals surface area contributed by atoms with E-state index in [1.54, 1.807) is 25.3 Å². The molecule has 1 aliphatic heterocycles. The lowest BCUT2D eigenvalue weighted by atomic mass is 10.2. The first-order valence-electron chi connectivity index (χ1n) is 11.7. The highest BCUT2D eigenvalue weighted by molar-refractivity contribution is 5.99. The molecule has 0 atom stereocenters. The Hall–Kier alpha value is -3.23. The first-order chi connectivity index (χ1) is 16.6. The van der Waals surface area contributed by atoms with Gasteiger partial charge in [-0.05, 0) is 24.6 Å². The maximum Gasteiger partial charge on any atom is 0.270 e. The average Bonchev–Trinajstić information content (AvgIpc) is 3.22. The zero-order valence-corrected chi connectivity index (χ0v) is 19.5. The highest BCUT2D eigenvalue weighted by Crippen LogP contribution is 2.24. The summed E-state index contributed by atoms with van der Waals surface area (Å²) in [5.74, 6) is -0.370. The van der Waals surface area contributed by atoms with Crippen LogP contribution in [0.1, 0.15) is 22.5 Å². The van der Waals surface area contributed by atoms with Crippen molar-refractivity contribution in [2.24, 2.45) is 0 Å². The van der Waals surface area contributed by atoms with Gasteiger partial charge in [-0.1, -0.05) is 36.4 Å². The highest BCUT2D eigenvalue weighted by atomic mass is 19.1. The number of ether oxygens (including phenoxy) is 1. The Morgan fingerprint density at radius 3 is 2.53 bits per heavy atom. The van der Waals surface area contributed by atoms with Crippen molar-refractivity contribution in [3.63, 3.8) is 0 Å². The first kappa shape index (κ1) is 23.9. The molecule has 1 N–H and O–H groups in total. The minimum absolute atomic E-state index is 0.0131. The predicted octanol–water partition coefficient (Wildman–Crippen LogP) is 2.74. The lowest BCUT2D eigenvalue weighted by molar-refractivity contribution is -0.122. The van der Waals surface area contributed by atoms with E-state index in [9.17, 15) is 14.0 Å². The molecular weight excluding hydrogens is 435 g/mol. The number of rotatable bonds is 9. The van der Waals surface area contributed by atoms with Crippen LogP contribution in [-0.2, 0) is 16.1 Å². The van der Waals surface area contributed by atoms with Crippen LogP contribution in [0.2, 0.25) is 0 Å². The normalized spacial score (nSPS) is 14.5. The van der Waals surface area contributed by atoms with Gasteiger partial charge in [0.15, 0.2) is 0 Å². The second-order valence-corrected chi connectivity index (χ2v) is 8.53. The maximum atomic E-state index is 14.4. The van der Waals surface area contributed by atoms with Crippen molar-refractivity contribution in [2.75, 3.05) is 53.0 Å². The predicted molar refractivity (Wildman–Crippen MR) is 129 cm³/mol. The summed E-state index contributed by atoms with van der Waals surface area (Å²) < 4.78 is 21.3. The zero-order chi connectivity index (χ0) is 23.9. The number of methoxy groups -OCH3 is 1. The van der Waals surface area contributed by atoms with E-state index in [-0.39, 0.29) is 24.2 Å². The van der Waals surface area contributed by atoms with E-state index in [2.05, 4.69) is 10.2 Å². The van der Waals surface area contributed by atoms with Crippen LogP contribution >= 0.6 is 0 Å². The number of nitrogens with one attached hydrogen (secondary N) is 1. The van der Waals surface area contributed by atoms with E-state index in [1.807, 2.05) is 39.8 Å². The standard InChI is InChI=1S/C26H31FN4O3/c1-34-16-6-11-28-25(32)19-29-12-14-30(15-13-29)26(33)24-17-20-7-3-5-10-23(20)31(24)18-21-8-2-4-9-22(21)27/h2-5,7-10,17H,6,11-16,18-19H2,1H3,(H,28,32). The molecule has 1 saturated heterocycles. The smallest absolute Gasteiger partial charge is 0.270 e. The Morgan fingerprint density at radius 1 is 1.03 bits per heavy atom. The van der Waals surface area contributed by atoms with Crippen LogP contribution in [0, 0.1) is 5.82 Å². The van der Waals surface area contributed by atoms with Gasteiger partial charge in [0.1, 0.15) is 11.5 Å². The molecule has 0 saturated carbocycles. The van der Waals surface area contributed by atoms with Crippen LogP contribution < -0.4 is 5.32 Å². The van der Waals surface area contributed by atoms with Crippen molar-refractivity contribution >= 4 is 22.7 Å². The topological polar surface area (TPSA) is 66.8 Å². The van der Waals surface area contributed by atoms with E-state index in [4.69, 9.17) is 4.74 Å². The fourth-order valence-electron chi connectivity index (χ4n) is 4.33. The number of amides is 2. The molecule has 0 bridgehead atoms. The largest absolute Gasteiger partial charge is 0.385 e. The molecule has 34 heavy (non-hydrogen) atoms. The second kappa shape index (κ2) is 11.3. The number of fused-ring (bicyclic) bond motifs is 1. The van der Waals surface area contributed by atoms with Gasteiger partial charge >= 0.3 is 0 Å². The number of piperazine rings is 1. The van der Waals surface area contributed by atoms with Crippen molar-refractivity contribution in [3.8, 4) is 0 Å². The van der Waals surface area contributed by atoms with Crippen LogP contribution in [0.15, 0.2) is 54.6 Å². The van der Waals surface area contributed by atoms with Crippen molar-refractivity contribution in [1.29, 1.82) is 0 Å². The molecule has 180 valence electrons. The van der Waals surface area contributed by atoms with Gasteiger partial charge in [0, 0.05) is 62.9 Å². The van der Waals surface area contributed by atoms with Gasteiger partial charge in [-0.15, -0.1) is 0 Å². The van der Waals surface area contributed by atoms with Crippen LogP contribution in [0.4, 0.5) is 4.39 Å². The molecule has 0 spiro atoms. The fraction of sp³-hybridized carbons (Fsp3) is 0.385. The number of benzene rings is 2. The molecule has 1 fully saturated rings. The van der Waals surface area contributed by atoms with Gasteiger partial charge in [0.25, 0.3) is 5.91 Å². The van der Waals surface area contributed by atoms with E-state index >= 15 is 0 Å². The molecule has 0 radical (unpaired) electrons. The number of nitrogens with zero attached hydrogens (tertiary/aromatic N) is 3. The number of hydrogen-bond acceptors (Lipinski definition) is 4. The zero-order valence-electron chi connectivity index (χ0n) is 19.5. The molecule has 2 aromatic carbocycles. The number of carbonyl (C=O) groups is 2. The van der Waals surface area contributed by atoms with Gasteiger partial charge in [0.2, 0.25) is 5.91 Å². The summed E-state index contributed by atoms with van der Waals surface area (Å²) in [5.41, 5.74) is 1.99. The number of aromatic nitrogens is 1. The number of para-hydroxylation sites is 1. The van der Waals surface area contributed by atoms with Gasteiger partial charge in [-0.2, -0.15) is 0 Å². The van der Waals surface area contributed by atoms with Crippen LogP contribution in [0.5, 0.6) is 0 Å². The molecule has 2 amide bonds. The number of carbonyl (C=O) groups excluding carboxylic acids is 2. The molecule has 4 rings (SSSR count). The Bertz CT molecular complexity index is 1140. The SMILES string of the molecule is COCCCNC(=O)CN1CCN(C(=O)c2cc3ccccc3n2Cc2ccccc2F)CC1. The Morgan fingerprint density at radius 2 is 1.76 bits per heavy atom. The number of hydrogen-bond donors (Lipinski definition) is 1. The van der Waals surface area contributed by atoms with E-state index < -0.39 is 0 Å². The van der Waals surface area contributed by atoms with E-state index in [0.717, 1.165) is 17.3 Å². The summed E-state index contributed by atoms with van der Waals surface area (Å²) in [7, 11) is 1.64. The van der Waals surface area contributed by atoms with Gasteiger partial charge in [-0.3, -0.25) is 14.5 Å². The van der Waals surface area contributed by atoms with Crippen molar-refractivity contribution in [3.05, 3.63) is 71.7 Å². The molecular formula is C26H31FN4O3. The summed E-state index contributed by atoms with van der Waals surface area (Å²) in [4.78, 5) is 29.5. The van der Waals surface area contributed by atoms with Crippen molar-refractivity contribution in [2.45, 2.75) is 13.0 Å². The van der Waals surface area contributed by atoms with E-state index in [1.165, 1.54) is 6.07 Å². The quantitative estimate of drug-likeness (QED) is 0.493. The Balaban J connectivity index is 1.43. The third-order valence-electron chi connectivity index (χ3n) is 6.19. The minimum Gasteiger partial charge on any atom is -0.385 e. The molecule has 2 heterocycles. The monoisotopic (exact) mass is 466 g/mol. The third-order valence-corrected chi connectivity index (χ3v) is 6.19. The van der Waals surface area contributed by atoms with Crippen LogP contribution in [-0.4, -0.2) is 79.2 Å². The summed E-state index contributed by atoms with van der Waals surface area (Å²) in [5, 5.41) is 3.85. The molecule has 0 aliphatic carbocycles. The summed E-state index contributed by atoms with van der Waals surface area (Å²) in [6.07, 6.45) is 0.783. The maximum absolute atomic E-state index is 14.4. The Labute approximate surface area is 199 Å². The lowest BCUT2D eigenvalue weighted by Crippen LogP contribution is -2.51. The molecule has 0 unspecified atom stereocenters. The van der Waals surface area contributed by atoms with Crippen molar-refractivity contribution < 1.29 is 18.7 Å². The molecule has 8 heteroatoms. The summed E-state index contributed by atoms with van der Waals surface area (Å²) >= 11 is 0. The van der Waals surface area contributed by atoms with Crippen molar-refractivity contribution in [1.82, 2.24) is 19.7 Å². The minimum atomic E-state index is -0.284. The second-order valence-electron chi connectivity index (χ2n) is 8.53. The van der Waals surface area contributed by atoms with Crippen LogP contribution in [0.3, 0.4) is 0 Å².